The third-order valence-electron chi connectivity index (χ3n) is 3.94. The number of benzene rings is 2. The van der Waals surface area contributed by atoms with E-state index >= 15 is 0 Å². The molecular weight excluding hydrogens is 400 g/mol. The first-order chi connectivity index (χ1) is 12.4. The molecule has 0 bridgehead atoms. The first kappa shape index (κ1) is 18.2. The van der Waals surface area contributed by atoms with Gasteiger partial charge in [-0.05, 0) is 49.2 Å². The molecule has 0 fully saturated rings. The van der Waals surface area contributed by atoms with E-state index in [1.807, 2.05) is 24.3 Å². The highest BCUT2D eigenvalue weighted by atomic mass is 79.9. The van der Waals surface area contributed by atoms with Crippen LogP contribution < -0.4 is 9.47 Å². The van der Waals surface area contributed by atoms with Crippen molar-refractivity contribution < 1.29 is 23.8 Å². The van der Waals surface area contributed by atoms with Gasteiger partial charge in [-0.15, -0.1) is 0 Å². The molecule has 2 aromatic rings. The van der Waals surface area contributed by atoms with E-state index in [1.165, 1.54) is 7.11 Å². The minimum atomic E-state index is -0.758. The van der Waals surface area contributed by atoms with E-state index in [2.05, 4.69) is 20.7 Å². The van der Waals surface area contributed by atoms with E-state index in [0.717, 1.165) is 15.6 Å². The van der Waals surface area contributed by atoms with Crippen molar-refractivity contribution in [1.82, 2.24) is 0 Å². The average Bonchev–Trinajstić information content (AvgIpc) is 2.90. The van der Waals surface area contributed by atoms with Crippen LogP contribution in [0.5, 0.6) is 11.5 Å². The normalized spacial score (nSPS) is 15.4. The minimum absolute atomic E-state index is 0.176. The lowest BCUT2D eigenvalue weighted by atomic mass is 10.0. The molecule has 0 amide bonds. The van der Waals surface area contributed by atoms with Gasteiger partial charge in [0.2, 0.25) is 5.78 Å². The maximum absolute atomic E-state index is 12.7. The molecule has 1 aliphatic heterocycles. The number of Topliss-reactive ketones (excluding diaryl/α,β-unsaturated/α-hetero) is 1. The van der Waals surface area contributed by atoms with Crippen molar-refractivity contribution in [1.29, 1.82) is 0 Å². The van der Waals surface area contributed by atoms with Crippen LogP contribution in [0, 0.1) is 6.92 Å². The molecule has 5 nitrogen and oxygen atoms in total. The number of halogens is 1. The molecule has 3 rings (SSSR count). The van der Waals surface area contributed by atoms with Crippen molar-refractivity contribution in [3.05, 3.63) is 63.3 Å². The van der Waals surface area contributed by atoms with Crippen LogP contribution in [0.3, 0.4) is 0 Å². The highest BCUT2D eigenvalue weighted by Gasteiger charge is 2.30. The Balaban J connectivity index is 1.90. The lowest BCUT2D eigenvalue weighted by molar-refractivity contribution is -0.147. The molecular formula is C20H17BrO5. The number of ketones is 1. The second-order valence-corrected chi connectivity index (χ2v) is 6.81. The van der Waals surface area contributed by atoms with Crippen LogP contribution in [0.4, 0.5) is 0 Å². The standard InChI is InChI=1S/C20H17BrO5/c1-11-7-15(25-12(2)20(23)24-3)10-16-18(11)19(22)17(26-16)9-13-5-4-6-14(21)8-13/h4-10,12H,1-3H3/b17-9-. The summed E-state index contributed by atoms with van der Waals surface area (Å²) in [6, 6.07) is 10.9. The fourth-order valence-electron chi connectivity index (χ4n) is 2.71. The molecule has 1 unspecified atom stereocenters. The van der Waals surface area contributed by atoms with Crippen LogP contribution in [0.25, 0.3) is 6.08 Å². The molecule has 1 heterocycles. The van der Waals surface area contributed by atoms with Crippen molar-refractivity contribution in [2.75, 3.05) is 7.11 Å². The largest absolute Gasteiger partial charge is 0.479 e. The second kappa shape index (κ2) is 7.33. The summed E-state index contributed by atoms with van der Waals surface area (Å²) < 4.78 is 16.9. The highest BCUT2D eigenvalue weighted by Crippen LogP contribution is 2.37. The van der Waals surface area contributed by atoms with Crippen molar-refractivity contribution >= 4 is 33.8 Å². The number of allylic oxidation sites excluding steroid dienone is 1. The zero-order chi connectivity index (χ0) is 18.8. The summed E-state index contributed by atoms with van der Waals surface area (Å²) in [5.74, 6) is 0.457. The Morgan fingerprint density at radius 2 is 2.04 bits per heavy atom. The van der Waals surface area contributed by atoms with Gasteiger partial charge in [0.25, 0.3) is 0 Å². The highest BCUT2D eigenvalue weighted by molar-refractivity contribution is 9.10. The predicted octanol–water partition coefficient (Wildman–Crippen LogP) is 4.31. The number of carbonyl (C=O) groups is 2. The molecule has 0 aromatic heterocycles. The molecule has 0 saturated heterocycles. The molecule has 2 aromatic carbocycles. The number of ether oxygens (including phenoxy) is 3. The Hall–Kier alpha value is -2.60. The second-order valence-electron chi connectivity index (χ2n) is 5.89. The van der Waals surface area contributed by atoms with E-state index in [1.54, 1.807) is 32.1 Å². The summed E-state index contributed by atoms with van der Waals surface area (Å²) in [7, 11) is 1.30. The van der Waals surface area contributed by atoms with E-state index in [0.29, 0.717) is 17.1 Å². The quantitative estimate of drug-likeness (QED) is 0.548. The topological polar surface area (TPSA) is 61.8 Å². The van der Waals surface area contributed by atoms with E-state index in [-0.39, 0.29) is 11.5 Å². The summed E-state index contributed by atoms with van der Waals surface area (Å²) in [6.45, 7) is 3.40. The summed E-state index contributed by atoms with van der Waals surface area (Å²) in [4.78, 5) is 24.2. The monoisotopic (exact) mass is 416 g/mol. The number of hydrogen-bond acceptors (Lipinski definition) is 5. The number of hydrogen-bond donors (Lipinski definition) is 0. The molecule has 1 aliphatic rings. The van der Waals surface area contributed by atoms with Crippen molar-refractivity contribution in [3.63, 3.8) is 0 Å². The van der Waals surface area contributed by atoms with Crippen molar-refractivity contribution in [3.8, 4) is 11.5 Å². The number of rotatable bonds is 4. The first-order valence-electron chi connectivity index (χ1n) is 7.98. The summed E-state index contributed by atoms with van der Waals surface area (Å²) >= 11 is 3.41. The number of esters is 1. The Morgan fingerprint density at radius 3 is 2.73 bits per heavy atom. The molecule has 0 radical (unpaired) electrons. The van der Waals surface area contributed by atoms with Crippen LogP contribution in [-0.2, 0) is 9.53 Å². The molecule has 26 heavy (non-hydrogen) atoms. The van der Waals surface area contributed by atoms with Gasteiger partial charge in [0.15, 0.2) is 11.9 Å². The maximum atomic E-state index is 12.7. The van der Waals surface area contributed by atoms with Gasteiger partial charge in [-0.3, -0.25) is 4.79 Å². The van der Waals surface area contributed by atoms with E-state index < -0.39 is 12.1 Å². The van der Waals surface area contributed by atoms with Gasteiger partial charge >= 0.3 is 5.97 Å². The van der Waals surface area contributed by atoms with Crippen LogP contribution >= 0.6 is 15.9 Å². The van der Waals surface area contributed by atoms with Crippen LogP contribution in [0.15, 0.2) is 46.6 Å². The zero-order valence-electron chi connectivity index (χ0n) is 14.5. The molecule has 0 spiro atoms. The SMILES string of the molecule is COC(=O)C(C)Oc1cc(C)c2c(c1)O/C(=C\c1cccc(Br)c1)C2=O. The van der Waals surface area contributed by atoms with Crippen LogP contribution in [0.1, 0.15) is 28.4 Å². The van der Waals surface area contributed by atoms with Gasteiger partial charge in [0.05, 0.1) is 12.7 Å². The number of fused-ring (bicyclic) bond motifs is 1. The van der Waals surface area contributed by atoms with Gasteiger partial charge in [0.1, 0.15) is 11.5 Å². The van der Waals surface area contributed by atoms with Crippen molar-refractivity contribution in [2.45, 2.75) is 20.0 Å². The summed E-state index contributed by atoms with van der Waals surface area (Å²) in [5.41, 5.74) is 2.07. The maximum Gasteiger partial charge on any atom is 0.346 e. The van der Waals surface area contributed by atoms with Gasteiger partial charge in [0, 0.05) is 10.5 Å². The first-order valence-corrected chi connectivity index (χ1v) is 8.77. The summed E-state index contributed by atoms with van der Waals surface area (Å²) in [5, 5.41) is 0. The lowest BCUT2D eigenvalue weighted by Gasteiger charge is -2.13. The van der Waals surface area contributed by atoms with Gasteiger partial charge < -0.3 is 14.2 Å². The Bertz CT molecular complexity index is 916. The van der Waals surface area contributed by atoms with Crippen molar-refractivity contribution in [2.24, 2.45) is 0 Å². The molecule has 6 heteroatoms. The van der Waals surface area contributed by atoms with Crippen LogP contribution in [-0.4, -0.2) is 25.0 Å². The Kier molecular flexibility index (Phi) is 5.13. The molecule has 0 N–H and O–H groups in total. The third kappa shape index (κ3) is 3.65. The van der Waals surface area contributed by atoms with E-state index in [9.17, 15) is 9.59 Å². The number of aryl methyl sites for hydroxylation is 1. The molecule has 0 aliphatic carbocycles. The number of methoxy groups -OCH3 is 1. The fraction of sp³-hybridized carbons (Fsp3) is 0.200. The molecule has 0 saturated carbocycles. The number of carbonyl (C=O) groups excluding carboxylic acids is 2. The van der Waals surface area contributed by atoms with Gasteiger partial charge in [-0.1, -0.05) is 28.1 Å². The summed E-state index contributed by atoms with van der Waals surface area (Å²) in [6.07, 6.45) is 0.940. The Labute approximate surface area is 159 Å². The average molecular weight is 417 g/mol. The van der Waals surface area contributed by atoms with Gasteiger partial charge in [-0.25, -0.2) is 4.79 Å². The molecule has 134 valence electrons. The smallest absolute Gasteiger partial charge is 0.346 e. The predicted molar refractivity (Wildman–Crippen MR) is 100 cm³/mol. The lowest BCUT2D eigenvalue weighted by Crippen LogP contribution is -2.24. The molecule has 1 atom stereocenters. The fourth-order valence-corrected chi connectivity index (χ4v) is 3.13. The van der Waals surface area contributed by atoms with Crippen LogP contribution in [0.2, 0.25) is 0 Å². The Morgan fingerprint density at radius 1 is 1.27 bits per heavy atom. The third-order valence-corrected chi connectivity index (χ3v) is 4.43. The zero-order valence-corrected chi connectivity index (χ0v) is 16.1. The van der Waals surface area contributed by atoms with Gasteiger partial charge in [-0.2, -0.15) is 0 Å². The minimum Gasteiger partial charge on any atom is -0.479 e. The van der Waals surface area contributed by atoms with E-state index in [4.69, 9.17) is 9.47 Å².